The zero-order valence-electron chi connectivity index (χ0n) is 12.4. The molecular weight excluding hydrogens is 321 g/mol. The summed E-state index contributed by atoms with van der Waals surface area (Å²) in [7, 11) is 0. The number of amides is 1. The van der Waals surface area contributed by atoms with Crippen molar-refractivity contribution in [1.29, 1.82) is 0 Å². The van der Waals surface area contributed by atoms with Crippen LogP contribution < -0.4 is 5.32 Å². The summed E-state index contributed by atoms with van der Waals surface area (Å²) in [6.07, 6.45) is 7.86. The van der Waals surface area contributed by atoms with Crippen LogP contribution in [0.25, 0.3) is 0 Å². The number of rotatable bonds is 6. The fraction of sp³-hybridized carbons (Fsp3) is 0.312. The van der Waals surface area contributed by atoms with E-state index in [0.717, 1.165) is 18.4 Å². The number of nitrogens with one attached hydrogen (secondary N) is 1. The first kappa shape index (κ1) is 18.4. The predicted molar refractivity (Wildman–Crippen MR) is 91.9 cm³/mol. The first-order valence-corrected chi connectivity index (χ1v) is 7.44. The third kappa shape index (κ3) is 5.62. The van der Waals surface area contributed by atoms with Crippen molar-refractivity contribution in [2.24, 2.45) is 0 Å². The first-order chi connectivity index (χ1) is 10.2. The average Bonchev–Trinajstić information content (AvgIpc) is 2.48. The minimum absolute atomic E-state index is 0. The van der Waals surface area contributed by atoms with Crippen molar-refractivity contribution in [3.8, 4) is 0 Å². The van der Waals surface area contributed by atoms with E-state index in [4.69, 9.17) is 11.6 Å². The Morgan fingerprint density at radius 2 is 2.05 bits per heavy atom. The Balaban J connectivity index is 0.00000242. The van der Waals surface area contributed by atoms with Crippen molar-refractivity contribution in [2.75, 3.05) is 5.32 Å². The Morgan fingerprint density at radius 1 is 1.23 bits per heavy atom. The van der Waals surface area contributed by atoms with Crippen LogP contribution >= 0.6 is 24.0 Å². The summed E-state index contributed by atoms with van der Waals surface area (Å²) in [4.78, 5) is 20.3. The van der Waals surface area contributed by atoms with Gasteiger partial charge in [0.05, 0.1) is 0 Å². The third-order valence-corrected chi connectivity index (χ3v) is 3.33. The molecule has 0 fully saturated rings. The number of hydrogen-bond acceptors (Lipinski definition) is 3. The molecule has 0 saturated heterocycles. The Labute approximate surface area is 141 Å². The van der Waals surface area contributed by atoms with Crippen molar-refractivity contribution in [2.45, 2.75) is 32.6 Å². The van der Waals surface area contributed by atoms with Crippen molar-refractivity contribution in [3.63, 3.8) is 0 Å². The summed E-state index contributed by atoms with van der Waals surface area (Å²) < 4.78 is 0. The molecule has 0 saturated carbocycles. The number of hydrogen-bond donors (Lipinski definition) is 1. The van der Waals surface area contributed by atoms with Gasteiger partial charge in [0.15, 0.2) is 0 Å². The van der Waals surface area contributed by atoms with Crippen LogP contribution in [0.5, 0.6) is 0 Å². The summed E-state index contributed by atoms with van der Waals surface area (Å²) in [6.45, 7) is 2.18. The molecule has 0 atom stereocenters. The van der Waals surface area contributed by atoms with E-state index in [-0.39, 0.29) is 18.3 Å². The van der Waals surface area contributed by atoms with Crippen LogP contribution in [-0.4, -0.2) is 15.9 Å². The largest absolute Gasteiger partial charge is 0.305 e. The number of aryl methyl sites for hydroxylation is 1. The maximum atomic E-state index is 12.0. The molecule has 2 aromatic rings. The van der Waals surface area contributed by atoms with Crippen LogP contribution in [0.4, 0.5) is 5.82 Å². The van der Waals surface area contributed by atoms with Crippen LogP contribution in [0.3, 0.4) is 0 Å². The zero-order valence-corrected chi connectivity index (χ0v) is 14.0. The lowest BCUT2D eigenvalue weighted by Gasteiger charge is -2.05. The van der Waals surface area contributed by atoms with Gasteiger partial charge in [-0.3, -0.25) is 9.78 Å². The molecule has 6 heteroatoms. The summed E-state index contributed by atoms with van der Waals surface area (Å²) in [6, 6.07) is 6.93. The second kappa shape index (κ2) is 9.38. The number of nitrogens with zero attached hydrogens (tertiary/aromatic N) is 2. The predicted octanol–water partition coefficient (Wildman–Crippen LogP) is 4.54. The number of halogens is 2. The quantitative estimate of drug-likeness (QED) is 0.786. The van der Waals surface area contributed by atoms with E-state index in [0.29, 0.717) is 16.5 Å². The van der Waals surface area contributed by atoms with Gasteiger partial charge in [0, 0.05) is 17.4 Å². The monoisotopic (exact) mass is 339 g/mol. The Bertz CT molecular complexity index is 603. The summed E-state index contributed by atoms with van der Waals surface area (Å²) in [5, 5.41) is 3.20. The summed E-state index contributed by atoms with van der Waals surface area (Å²) in [5.74, 6) is 0.131. The van der Waals surface area contributed by atoms with Crippen LogP contribution in [-0.2, 0) is 6.42 Å². The smallest absolute Gasteiger partial charge is 0.275 e. The van der Waals surface area contributed by atoms with Gasteiger partial charge in [0.1, 0.15) is 11.5 Å². The Morgan fingerprint density at radius 3 is 2.68 bits per heavy atom. The van der Waals surface area contributed by atoms with Crippen molar-refractivity contribution >= 4 is 35.7 Å². The van der Waals surface area contributed by atoms with Gasteiger partial charge in [-0.05, 0) is 36.6 Å². The fourth-order valence-corrected chi connectivity index (χ4v) is 2.10. The molecule has 2 heterocycles. The van der Waals surface area contributed by atoms with Crippen LogP contribution in [0.1, 0.15) is 42.2 Å². The topological polar surface area (TPSA) is 54.9 Å². The van der Waals surface area contributed by atoms with Gasteiger partial charge in [-0.2, -0.15) is 0 Å². The molecule has 0 bridgehead atoms. The van der Waals surface area contributed by atoms with Gasteiger partial charge in [-0.25, -0.2) is 4.98 Å². The van der Waals surface area contributed by atoms with E-state index >= 15 is 0 Å². The molecule has 0 aromatic carbocycles. The van der Waals surface area contributed by atoms with E-state index in [1.807, 2.05) is 6.07 Å². The van der Waals surface area contributed by atoms with E-state index in [1.54, 1.807) is 30.6 Å². The van der Waals surface area contributed by atoms with E-state index < -0.39 is 0 Å². The Hall–Kier alpha value is -1.65. The van der Waals surface area contributed by atoms with Gasteiger partial charge in [-0.1, -0.05) is 37.4 Å². The lowest BCUT2D eigenvalue weighted by Crippen LogP contribution is -2.14. The molecule has 0 spiro atoms. The highest BCUT2D eigenvalue weighted by Crippen LogP contribution is 2.13. The second-order valence-corrected chi connectivity index (χ2v) is 5.26. The number of carbonyl (C=O) groups is 1. The molecular formula is C16H19Cl2N3O. The fourth-order valence-electron chi connectivity index (χ4n) is 1.94. The second-order valence-electron chi connectivity index (χ2n) is 4.82. The van der Waals surface area contributed by atoms with E-state index in [9.17, 15) is 4.79 Å². The van der Waals surface area contributed by atoms with Gasteiger partial charge < -0.3 is 5.32 Å². The molecule has 1 N–H and O–H groups in total. The molecule has 0 aliphatic heterocycles. The van der Waals surface area contributed by atoms with Crippen molar-refractivity contribution < 1.29 is 4.79 Å². The van der Waals surface area contributed by atoms with E-state index in [1.165, 1.54) is 12.8 Å². The molecule has 1 amide bonds. The van der Waals surface area contributed by atoms with Crippen LogP contribution in [0.15, 0.2) is 36.7 Å². The van der Waals surface area contributed by atoms with Crippen LogP contribution in [0, 0.1) is 0 Å². The highest BCUT2D eigenvalue weighted by Gasteiger charge is 2.08. The number of carbonyl (C=O) groups excluding carboxylic acids is 1. The number of aromatic nitrogens is 2. The minimum Gasteiger partial charge on any atom is -0.305 e. The van der Waals surface area contributed by atoms with Gasteiger partial charge >= 0.3 is 0 Å². The summed E-state index contributed by atoms with van der Waals surface area (Å²) in [5.41, 5.74) is 1.52. The van der Waals surface area contributed by atoms with Gasteiger partial charge in [0.25, 0.3) is 5.91 Å². The Kier molecular flexibility index (Phi) is 7.85. The molecule has 2 rings (SSSR count). The maximum absolute atomic E-state index is 12.0. The molecule has 4 nitrogen and oxygen atoms in total. The minimum atomic E-state index is -0.287. The van der Waals surface area contributed by atoms with Crippen molar-refractivity contribution in [1.82, 2.24) is 9.97 Å². The lowest BCUT2D eigenvalue weighted by atomic mass is 10.1. The first-order valence-electron chi connectivity index (χ1n) is 7.07. The van der Waals surface area contributed by atoms with Crippen LogP contribution in [0.2, 0.25) is 5.02 Å². The molecule has 118 valence electrons. The standard InChI is InChI=1S/C16H18ClN3O.ClH/c1-2-3-4-5-12-6-7-14(19-11-12)16(21)20-15-10-13(17)8-9-18-15;/h6-11H,2-5H2,1H3,(H,18,20,21);1H. The molecule has 0 radical (unpaired) electrons. The third-order valence-electron chi connectivity index (χ3n) is 3.09. The molecule has 0 aliphatic carbocycles. The number of unbranched alkanes of at least 4 members (excludes halogenated alkanes) is 2. The zero-order chi connectivity index (χ0) is 15.1. The number of pyridine rings is 2. The number of anilines is 1. The molecule has 0 aliphatic rings. The maximum Gasteiger partial charge on any atom is 0.275 e. The van der Waals surface area contributed by atoms with Gasteiger partial charge in [-0.15, -0.1) is 12.4 Å². The molecule has 0 unspecified atom stereocenters. The summed E-state index contributed by atoms with van der Waals surface area (Å²) >= 11 is 5.85. The molecule has 2 aromatic heterocycles. The molecule has 22 heavy (non-hydrogen) atoms. The highest BCUT2D eigenvalue weighted by atomic mass is 35.5. The normalized spacial score (nSPS) is 9.91. The van der Waals surface area contributed by atoms with E-state index in [2.05, 4.69) is 22.2 Å². The van der Waals surface area contributed by atoms with Gasteiger partial charge in [0.2, 0.25) is 0 Å². The highest BCUT2D eigenvalue weighted by molar-refractivity contribution is 6.30. The average molecular weight is 340 g/mol. The lowest BCUT2D eigenvalue weighted by molar-refractivity contribution is 0.102. The SMILES string of the molecule is CCCCCc1ccc(C(=O)Nc2cc(Cl)ccn2)nc1.Cl. The van der Waals surface area contributed by atoms with Crippen molar-refractivity contribution in [3.05, 3.63) is 52.9 Å².